The molecule has 0 aromatic carbocycles. The van der Waals surface area contributed by atoms with Crippen molar-refractivity contribution >= 4 is 5.95 Å². The van der Waals surface area contributed by atoms with Crippen molar-refractivity contribution in [1.29, 1.82) is 0 Å². The van der Waals surface area contributed by atoms with Crippen LogP contribution in [0.4, 0.5) is 5.95 Å². The highest BCUT2D eigenvalue weighted by atomic mass is 16.5. The van der Waals surface area contributed by atoms with E-state index in [1.807, 2.05) is 6.92 Å². The quantitative estimate of drug-likeness (QED) is 0.794. The number of anilines is 1. The van der Waals surface area contributed by atoms with Gasteiger partial charge in [0, 0.05) is 26.2 Å². The smallest absolute Gasteiger partial charge is 0.266 e. The minimum atomic E-state index is -0.145. The van der Waals surface area contributed by atoms with Gasteiger partial charge in [0.15, 0.2) is 0 Å². The van der Waals surface area contributed by atoms with Crippen LogP contribution in [0.15, 0.2) is 4.52 Å². The van der Waals surface area contributed by atoms with Crippen molar-refractivity contribution in [2.45, 2.75) is 19.4 Å². The van der Waals surface area contributed by atoms with Gasteiger partial charge < -0.3 is 20.1 Å². The summed E-state index contributed by atoms with van der Waals surface area (Å²) in [5, 5.41) is 3.98. The molecule has 0 aliphatic carbocycles. The lowest BCUT2D eigenvalue weighted by Crippen LogP contribution is -2.44. The average molecular weight is 225 g/mol. The van der Waals surface area contributed by atoms with Crippen LogP contribution in [-0.4, -0.2) is 48.3 Å². The first-order valence-electron chi connectivity index (χ1n) is 5.73. The van der Waals surface area contributed by atoms with Crippen molar-refractivity contribution in [2.24, 2.45) is 5.73 Å². The Morgan fingerprint density at radius 1 is 1.38 bits per heavy atom. The molecule has 1 aliphatic heterocycles. The summed E-state index contributed by atoms with van der Waals surface area (Å²) >= 11 is 0. The molecule has 6 heteroatoms. The van der Waals surface area contributed by atoms with Crippen molar-refractivity contribution < 1.29 is 4.52 Å². The second-order valence-electron chi connectivity index (χ2n) is 4.24. The van der Waals surface area contributed by atoms with E-state index in [4.69, 9.17) is 10.3 Å². The molecule has 0 bridgehead atoms. The van der Waals surface area contributed by atoms with E-state index in [1.54, 1.807) is 0 Å². The number of rotatable bonds is 3. The lowest BCUT2D eigenvalue weighted by molar-refractivity contribution is 0.308. The van der Waals surface area contributed by atoms with Gasteiger partial charge in [-0.05, 0) is 18.6 Å². The Morgan fingerprint density at radius 2 is 2.06 bits per heavy atom. The van der Waals surface area contributed by atoms with E-state index in [-0.39, 0.29) is 6.04 Å². The van der Waals surface area contributed by atoms with Crippen LogP contribution < -0.4 is 10.6 Å². The minimum absolute atomic E-state index is 0.145. The molecule has 0 unspecified atom stereocenters. The summed E-state index contributed by atoms with van der Waals surface area (Å²) in [5.74, 6) is 1.21. The number of hydrogen-bond donors (Lipinski definition) is 1. The summed E-state index contributed by atoms with van der Waals surface area (Å²) in [6, 6.07) is -0.145. The third kappa shape index (κ3) is 2.33. The second-order valence-corrected chi connectivity index (χ2v) is 4.24. The van der Waals surface area contributed by atoms with Gasteiger partial charge in [0.05, 0.1) is 6.04 Å². The van der Waals surface area contributed by atoms with Gasteiger partial charge in [-0.2, -0.15) is 4.98 Å². The first kappa shape index (κ1) is 11.3. The molecule has 0 spiro atoms. The van der Waals surface area contributed by atoms with Crippen LogP contribution in [-0.2, 0) is 0 Å². The number of hydrogen-bond acceptors (Lipinski definition) is 6. The van der Waals surface area contributed by atoms with E-state index < -0.39 is 0 Å². The lowest BCUT2D eigenvalue weighted by atomic mass is 10.2. The number of nitrogens with two attached hydrogens (primary N) is 1. The third-order valence-corrected chi connectivity index (χ3v) is 2.97. The molecule has 16 heavy (non-hydrogen) atoms. The van der Waals surface area contributed by atoms with Gasteiger partial charge in [-0.1, -0.05) is 6.92 Å². The van der Waals surface area contributed by atoms with Crippen LogP contribution in [0.3, 0.4) is 0 Å². The summed E-state index contributed by atoms with van der Waals surface area (Å²) < 4.78 is 5.16. The van der Waals surface area contributed by atoms with Gasteiger partial charge in [0.1, 0.15) is 0 Å². The standard InChI is InChI=1S/C10H19N5O/c1-3-8(11)9-12-10(13-16-9)15-6-4-14(2)5-7-15/h8H,3-7,11H2,1-2H3/t8-/m1/s1. The van der Waals surface area contributed by atoms with Gasteiger partial charge in [0.2, 0.25) is 5.89 Å². The van der Waals surface area contributed by atoms with Crippen molar-refractivity contribution in [2.75, 3.05) is 38.1 Å². The summed E-state index contributed by atoms with van der Waals surface area (Å²) in [7, 11) is 2.12. The van der Waals surface area contributed by atoms with E-state index >= 15 is 0 Å². The largest absolute Gasteiger partial charge is 0.336 e. The molecule has 90 valence electrons. The number of nitrogens with zero attached hydrogens (tertiary/aromatic N) is 4. The Labute approximate surface area is 95.4 Å². The fraction of sp³-hybridized carbons (Fsp3) is 0.800. The molecule has 1 aliphatic rings. The fourth-order valence-corrected chi connectivity index (χ4v) is 1.69. The first-order chi connectivity index (χ1) is 7.70. The summed E-state index contributed by atoms with van der Waals surface area (Å²) in [6.07, 6.45) is 0.810. The van der Waals surface area contributed by atoms with Crippen LogP contribution in [0.1, 0.15) is 25.3 Å². The monoisotopic (exact) mass is 225 g/mol. The minimum Gasteiger partial charge on any atom is -0.336 e. The molecule has 1 aromatic heterocycles. The number of piperazine rings is 1. The zero-order valence-corrected chi connectivity index (χ0v) is 9.89. The van der Waals surface area contributed by atoms with E-state index in [9.17, 15) is 0 Å². The van der Waals surface area contributed by atoms with Crippen LogP contribution in [0, 0.1) is 0 Å². The van der Waals surface area contributed by atoms with Gasteiger partial charge in [-0.15, -0.1) is 0 Å². The molecular weight excluding hydrogens is 206 g/mol. The Balaban J connectivity index is 2.01. The van der Waals surface area contributed by atoms with Crippen molar-refractivity contribution in [3.05, 3.63) is 5.89 Å². The summed E-state index contributed by atoms with van der Waals surface area (Å²) in [5.41, 5.74) is 5.84. The zero-order chi connectivity index (χ0) is 11.5. The molecule has 0 amide bonds. The number of aromatic nitrogens is 2. The highest BCUT2D eigenvalue weighted by Crippen LogP contribution is 2.16. The molecule has 2 N–H and O–H groups in total. The number of likely N-dealkylation sites (N-methyl/N-ethyl adjacent to an activating group) is 1. The topological polar surface area (TPSA) is 71.4 Å². The highest BCUT2D eigenvalue weighted by molar-refractivity contribution is 5.28. The maximum atomic E-state index is 5.84. The van der Waals surface area contributed by atoms with Crippen molar-refractivity contribution in [3.8, 4) is 0 Å². The van der Waals surface area contributed by atoms with Gasteiger partial charge in [-0.25, -0.2) is 0 Å². The molecule has 2 heterocycles. The molecule has 1 atom stereocenters. The average Bonchev–Trinajstić information content (AvgIpc) is 2.78. The SMILES string of the molecule is CC[C@@H](N)c1nc(N2CCN(C)CC2)no1. The van der Waals surface area contributed by atoms with Crippen LogP contribution in [0.5, 0.6) is 0 Å². The lowest BCUT2D eigenvalue weighted by Gasteiger charge is -2.31. The maximum absolute atomic E-state index is 5.84. The molecule has 6 nitrogen and oxygen atoms in total. The maximum Gasteiger partial charge on any atom is 0.266 e. The highest BCUT2D eigenvalue weighted by Gasteiger charge is 2.20. The molecule has 2 rings (SSSR count). The Kier molecular flexibility index (Phi) is 3.40. The normalized spacial score (nSPS) is 20.1. The molecule has 0 saturated carbocycles. The van der Waals surface area contributed by atoms with E-state index in [2.05, 4.69) is 27.0 Å². The Morgan fingerprint density at radius 3 is 2.69 bits per heavy atom. The van der Waals surface area contributed by atoms with E-state index in [0.717, 1.165) is 32.6 Å². The van der Waals surface area contributed by atoms with Crippen LogP contribution in [0.25, 0.3) is 0 Å². The molecular formula is C10H19N5O. The van der Waals surface area contributed by atoms with E-state index in [1.165, 1.54) is 0 Å². The van der Waals surface area contributed by atoms with Gasteiger partial charge in [-0.3, -0.25) is 0 Å². The Bertz CT molecular complexity index is 332. The second kappa shape index (κ2) is 4.80. The van der Waals surface area contributed by atoms with Crippen LogP contribution >= 0.6 is 0 Å². The Hall–Kier alpha value is -1.14. The molecule has 0 radical (unpaired) electrons. The molecule has 1 aromatic rings. The summed E-state index contributed by atoms with van der Waals surface area (Å²) in [4.78, 5) is 8.76. The first-order valence-corrected chi connectivity index (χ1v) is 5.73. The summed E-state index contributed by atoms with van der Waals surface area (Å²) in [6.45, 7) is 5.95. The predicted molar refractivity (Wildman–Crippen MR) is 61.2 cm³/mol. The van der Waals surface area contributed by atoms with Crippen LogP contribution in [0.2, 0.25) is 0 Å². The van der Waals surface area contributed by atoms with Crippen molar-refractivity contribution in [1.82, 2.24) is 15.0 Å². The van der Waals surface area contributed by atoms with Crippen molar-refractivity contribution in [3.63, 3.8) is 0 Å². The fourth-order valence-electron chi connectivity index (χ4n) is 1.69. The third-order valence-electron chi connectivity index (χ3n) is 2.97. The molecule has 1 saturated heterocycles. The zero-order valence-electron chi connectivity index (χ0n) is 9.89. The predicted octanol–water partition coefficient (Wildman–Crippen LogP) is 0.231. The molecule has 1 fully saturated rings. The van der Waals surface area contributed by atoms with Gasteiger partial charge >= 0.3 is 0 Å². The van der Waals surface area contributed by atoms with Gasteiger partial charge in [0.25, 0.3) is 5.95 Å². The van der Waals surface area contributed by atoms with E-state index in [0.29, 0.717) is 11.8 Å².